The number of hydrogen-bond acceptors (Lipinski definition) is 5. The molecule has 168 valence electrons. The Hall–Kier alpha value is -2.24. The monoisotopic (exact) mass is 681 g/mol. The average Bonchev–Trinajstić information content (AvgIpc) is 2.79. The van der Waals surface area contributed by atoms with Crippen LogP contribution in [0.15, 0.2) is 73.4 Å². The maximum absolute atomic E-state index is 12.9. The molecule has 0 radical (unpaired) electrons. The van der Waals surface area contributed by atoms with Gasteiger partial charge in [-0.3, -0.25) is 4.79 Å². The molecule has 0 aliphatic carbocycles. The molecule has 0 N–H and O–H groups in total. The van der Waals surface area contributed by atoms with E-state index in [1.54, 1.807) is 26.3 Å². The Bertz CT molecular complexity index is 1420. The van der Waals surface area contributed by atoms with Crippen LogP contribution in [0.3, 0.4) is 0 Å². The fourth-order valence-electron chi connectivity index (χ4n) is 3.21. The fourth-order valence-corrected chi connectivity index (χ4v) is 4.62. The predicted molar refractivity (Wildman–Crippen MR) is 146 cm³/mol. The number of hydrogen-bond donors (Lipinski definition) is 0. The lowest BCUT2D eigenvalue weighted by Crippen LogP contribution is -2.20. The van der Waals surface area contributed by atoms with Crippen LogP contribution in [0.25, 0.3) is 10.9 Å². The van der Waals surface area contributed by atoms with Gasteiger partial charge < -0.3 is 9.47 Å². The minimum atomic E-state index is -0.230. The van der Waals surface area contributed by atoms with Crippen LogP contribution in [-0.2, 0) is 6.61 Å². The van der Waals surface area contributed by atoms with Crippen LogP contribution in [0, 0.1) is 10.5 Å². The number of benzene rings is 3. The molecule has 0 saturated carbocycles. The van der Waals surface area contributed by atoms with E-state index >= 15 is 0 Å². The van der Waals surface area contributed by atoms with Gasteiger partial charge in [0.1, 0.15) is 12.4 Å². The van der Waals surface area contributed by atoms with Crippen molar-refractivity contribution in [2.75, 3.05) is 7.11 Å². The van der Waals surface area contributed by atoms with Gasteiger partial charge in [0.05, 0.1) is 27.8 Å². The third-order valence-electron chi connectivity index (χ3n) is 4.84. The molecule has 3 aromatic carbocycles. The lowest BCUT2D eigenvalue weighted by molar-refractivity contribution is 0.282. The predicted octanol–water partition coefficient (Wildman–Crippen LogP) is 6.30. The summed E-state index contributed by atoms with van der Waals surface area (Å²) in [5.74, 6) is 1.75. The maximum atomic E-state index is 12.9. The highest BCUT2D eigenvalue weighted by molar-refractivity contribution is 14.1. The molecule has 1 aromatic heterocycles. The molecule has 1 heterocycles. The van der Waals surface area contributed by atoms with Crippen LogP contribution >= 0.6 is 54.5 Å². The van der Waals surface area contributed by atoms with Crippen LogP contribution < -0.4 is 15.0 Å². The van der Waals surface area contributed by atoms with E-state index in [2.05, 4.69) is 64.5 Å². The summed E-state index contributed by atoms with van der Waals surface area (Å²) in [5.41, 5.74) is 2.22. The van der Waals surface area contributed by atoms with Gasteiger partial charge in [-0.15, -0.1) is 0 Å². The standard InChI is InChI=1S/C24H18Br2IN3O3/c1-14-29-21-8-7-18(26)11-19(21)24(31)30(14)28-12-16-9-20(27)23(22(10-16)32-2)33-13-15-3-5-17(25)6-4-15/h3-12H,13H2,1-2H3. The second-order valence-corrected chi connectivity index (χ2v) is 10.1. The third-order valence-corrected chi connectivity index (χ3v) is 6.66. The Labute approximate surface area is 221 Å². The van der Waals surface area contributed by atoms with Gasteiger partial charge in [-0.1, -0.05) is 44.0 Å². The SMILES string of the molecule is COc1cc(C=Nn2c(C)nc3ccc(Br)cc3c2=O)cc(I)c1OCc1ccc(Br)cc1. The number of aromatic nitrogens is 2. The maximum Gasteiger partial charge on any atom is 0.282 e. The van der Waals surface area contributed by atoms with Crippen LogP contribution in [0.2, 0.25) is 0 Å². The zero-order chi connectivity index (χ0) is 23.5. The lowest BCUT2D eigenvalue weighted by atomic mass is 10.2. The Balaban J connectivity index is 1.63. The smallest absolute Gasteiger partial charge is 0.282 e. The van der Waals surface area contributed by atoms with Crippen molar-refractivity contribution in [3.8, 4) is 11.5 Å². The number of aryl methyl sites for hydroxylation is 1. The molecule has 0 fully saturated rings. The zero-order valence-corrected chi connectivity index (χ0v) is 23.0. The van der Waals surface area contributed by atoms with Crippen molar-refractivity contribution in [2.24, 2.45) is 5.10 Å². The number of rotatable bonds is 6. The molecule has 9 heteroatoms. The Morgan fingerprint density at radius 1 is 1.09 bits per heavy atom. The van der Waals surface area contributed by atoms with E-state index < -0.39 is 0 Å². The summed E-state index contributed by atoms with van der Waals surface area (Å²) in [7, 11) is 1.60. The molecule has 4 aromatic rings. The summed E-state index contributed by atoms with van der Waals surface area (Å²) in [6, 6.07) is 17.1. The summed E-state index contributed by atoms with van der Waals surface area (Å²) in [6.45, 7) is 2.17. The molecule has 4 rings (SSSR count). The van der Waals surface area contributed by atoms with Crippen LogP contribution in [-0.4, -0.2) is 23.0 Å². The highest BCUT2D eigenvalue weighted by Gasteiger charge is 2.12. The van der Waals surface area contributed by atoms with Crippen molar-refractivity contribution in [3.05, 3.63) is 94.4 Å². The lowest BCUT2D eigenvalue weighted by Gasteiger charge is -2.14. The summed E-state index contributed by atoms with van der Waals surface area (Å²) < 4.78 is 15.6. The fraction of sp³-hybridized carbons (Fsp3) is 0.125. The van der Waals surface area contributed by atoms with E-state index in [9.17, 15) is 4.79 Å². The second kappa shape index (κ2) is 10.4. The van der Waals surface area contributed by atoms with Gasteiger partial charge in [0, 0.05) is 8.95 Å². The molecule has 0 aliphatic heterocycles. The summed E-state index contributed by atoms with van der Waals surface area (Å²) in [6.07, 6.45) is 1.61. The normalized spacial score (nSPS) is 11.3. The zero-order valence-electron chi connectivity index (χ0n) is 17.7. The van der Waals surface area contributed by atoms with Crippen LogP contribution in [0.5, 0.6) is 11.5 Å². The number of ether oxygens (including phenoxy) is 2. The molecule has 0 bridgehead atoms. The molecule has 0 atom stereocenters. The quantitative estimate of drug-likeness (QED) is 0.177. The highest BCUT2D eigenvalue weighted by atomic mass is 127. The molecule has 0 amide bonds. The van der Waals surface area contributed by atoms with E-state index in [0.717, 1.165) is 23.6 Å². The molecule has 0 unspecified atom stereocenters. The van der Waals surface area contributed by atoms with Gasteiger partial charge in [0.25, 0.3) is 5.56 Å². The number of methoxy groups -OCH3 is 1. The van der Waals surface area contributed by atoms with E-state index in [-0.39, 0.29) is 5.56 Å². The first-order valence-electron chi connectivity index (χ1n) is 9.84. The van der Waals surface area contributed by atoms with E-state index in [0.29, 0.717) is 34.8 Å². The van der Waals surface area contributed by atoms with Crippen molar-refractivity contribution in [1.82, 2.24) is 9.66 Å². The first kappa shape index (κ1) is 23.9. The minimum Gasteiger partial charge on any atom is -0.493 e. The third kappa shape index (κ3) is 5.47. The molecular formula is C24H18Br2IN3O3. The van der Waals surface area contributed by atoms with Crippen LogP contribution in [0.4, 0.5) is 0 Å². The summed E-state index contributed by atoms with van der Waals surface area (Å²) in [4.78, 5) is 17.4. The topological polar surface area (TPSA) is 65.7 Å². The Morgan fingerprint density at radius 3 is 2.55 bits per heavy atom. The Morgan fingerprint density at radius 2 is 1.82 bits per heavy atom. The molecule has 0 saturated heterocycles. The summed E-state index contributed by atoms with van der Waals surface area (Å²) in [5, 5.41) is 4.90. The second-order valence-electron chi connectivity index (χ2n) is 7.13. The van der Waals surface area contributed by atoms with Crippen molar-refractivity contribution < 1.29 is 9.47 Å². The molecular weight excluding hydrogens is 665 g/mol. The number of fused-ring (bicyclic) bond motifs is 1. The van der Waals surface area contributed by atoms with Crippen LogP contribution in [0.1, 0.15) is 17.0 Å². The van der Waals surface area contributed by atoms with Crippen molar-refractivity contribution in [3.63, 3.8) is 0 Å². The van der Waals surface area contributed by atoms with Gasteiger partial charge in [-0.25, -0.2) is 4.98 Å². The van der Waals surface area contributed by atoms with Crippen molar-refractivity contribution in [2.45, 2.75) is 13.5 Å². The first-order valence-corrected chi connectivity index (χ1v) is 12.5. The molecule has 33 heavy (non-hydrogen) atoms. The molecule has 6 nitrogen and oxygen atoms in total. The van der Waals surface area contributed by atoms with E-state index in [4.69, 9.17) is 9.47 Å². The largest absolute Gasteiger partial charge is 0.493 e. The van der Waals surface area contributed by atoms with Gasteiger partial charge in [-0.05, 0) is 83.1 Å². The van der Waals surface area contributed by atoms with Gasteiger partial charge in [-0.2, -0.15) is 9.78 Å². The van der Waals surface area contributed by atoms with E-state index in [1.807, 2.05) is 48.5 Å². The van der Waals surface area contributed by atoms with Crippen molar-refractivity contribution in [1.29, 1.82) is 0 Å². The summed E-state index contributed by atoms with van der Waals surface area (Å²) >= 11 is 9.05. The minimum absolute atomic E-state index is 0.230. The Kier molecular flexibility index (Phi) is 7.50. The van der Waals surface area contributed by atoms with Gasteiger partial charge >= 0.3 is 0 Å². The van der Waals surface area contributed by atoms with E-state index in [1.165, 1.54) is 4.68 Å². The highest BCUT2D eigenvalue weighted by Crippen LogP contribution is 2.34. The number of nitrogens with zero attached hydrogens (tertiary/aromatic N) is 3. The number of halogens is 3. The molecule has 0 aliphatic rings. The van der Waals surface area contributed by atoms with Gasteiger partial charge in [0.15, 0.2) is 11.5 Å². The molecule has 0 spiro atoms. The van der Waals surface area contributed by atoms with Gasteiger partial charge in [0.2, 0.25) is 0 Å². The van der Waals surface area contributed by atoms with Crippen molar-refractivity contribution >= 4 is 71.6 Å². The first-order chi connectivity index (χ1) is 15.9. The average molecular weight is 683 g/mol.